The topological polar surface area (TPSA) is 123 Å². The fourth-order valence-electron chi connectivity index (χ4n) is 2.45. The van der Waals surface area contributed by atoms with E-state index in [4.69, 9.17) is 4.74 Å². The number of H-pyrrole nitrogens is 1. The number of hydrogen-bond acceptors (Lipinski definition) is 8. The van der Waals surface area contributed by atoms with E-state index in [-0.39, 0.29) is 12.3 Å². The van der Waals surface area contributed by atoms with Gasteiger partial charge in [-0.25, -0.2) is 24.7 Å². The number of carbonyl (C=O) groups excluding carboxylic acids is 2. The highest BCUT2D eigenvalue weighted by Crippen LogP contribution is 2.26. The van der Waals surface area contributed by atoms with Gasteiger partial charge in [0, 0.05) is 30.7 Å². The van der Waals surface area contributed by atoms with E-state index in [0.717, 1.165) is 0 Å². The normalized spacial score (nSPS) is 11.8. The summed E-state index contributed by atoms with van der Waals surface area (Å²) in [5.74, 6) is -0.466. The number of aryl methyl sites for hydroxylation is 1. The number of carbonyl (C=O) groups is 2. The lowest BCUT2D eigenvalue weighted by Crippen LogP contribution is -2.43. The third-order valence-electron chi connectivity index (χ3n) is 3.77. The van der Waals surface area contributed by atoms with Crippen molar-refractivity contribution < 1.29 is 14.3 Å². The number of aromatic amines is 1. The van der Waals surface area contributed by atoms with Crippen molar-refractivity contribution in [1.82, 2.24) is 30.2 Å². The summed E-state index contributed by atoms with van der Waals surface area (Å²) in [6.45, 7) is 1.91. The SMILES string of the molecule is CCc1nc(-c2ncccn2)sc1C(=O)N[C@@H](Cc1cnc[nH]1)C(=O)OC. The lowest BCUT2D eigenvalue weighted by Gasteiger charge is -2.15. The smallest absolute Gasteiger partial charge is 0.328 e. The molecule has 140 valence electrons. The minimum Gasteiger partial charge on any atom is -0.467 e. The highest BCUT2D eigenvalue weighted by molar-refractivity contribution is 7.17. The molecule has 0 radical (unpaired) electrons. The van der Waals surface area contributed by atoms with Crippen molar-refractivity contribution in [3.8, 4) is 10.8 Å². The van der Waals surface area contributed by atoms with Crippen LogP contribution >= 0.6 is 11.3 Å². The second-order valence-corrected chi connectivity index (χ2v) is 6.55. The first-order valence-electron chi connectivity index (χ1n) is 8.25. The summed E-state index contributed by atoms with van der Waals surface area (Å²) in [6, 6.07) is 0.869. The maximum Gasteiger partial charge on any atom is 0.328 e. The zero-order chi connectivity index (χ0) is 19.2. The molecule has 3 heterocycles. The number of hydrogen-bond donors (Lipinski definition) is 2. The molecule has 3 rings (SSSR count). The first-order valence-corrected chi connectivity index (χ1v) is 9.07. The van der Waals surface area contributed by atoms with E-state index >= 15 is 0 Å². The van der Waals surface area contributed by atoms with Crippen LogP contribution in [0.3, 0.4) is 0 Å². The van der Waals surface area contributed by atoms with Gasteiger partial charge < -0.3 is 15.0 Å². The van der Waals surface area contributed by atoms with Gasteiger partial charge in [0.1, 0.15) is 10.9 Å². The predicted octanol–water partition coefficient (Wildman–Crippen LogP) is 1.40. The summed E-state index contributed by atoms with van der Waals surface area (Å²) in [7, 11) is 1.28. The van der Waals surface area contributed by atoms with Gasteiger partial charge in [-0.3, -0.25) is 4.79 Å². The van der Waals surface area contributed by atoms with Gasteiger partial charge in [0.25, 0.3) is 5.91 Å². The Labute approximate surface area is 159 Å². The van der Waals surface area contributed by atoms with Gasteiger partial charge in [-0.15, -0.1) is 11.3 Å². The van der Waals surface area contributed by atoms with Gasteiger partial charge in [0.05, 0.1) is 19.1 Å². The van der Waals surface area contributed by atoms with E-state index in [9.17, 15) is 9.59 Å². The van der Waals surface area contributed by atoms with E-state index in [1.54, 1.807) is 24.7 Å². The number of amides is 1. The molecule has 1 amide bonds. The molecule has 0 saturated carbocycles. The number of esters is 1. The first kappa shape index (κ1) is 18.6. The van der Waals surface area contributed by atoms with Gasteiger partial charge in [-0.05, 0) is 12.5 Å². The Hall–Kier alpha value is -3.14. The Kier molecular flexibility index (Phi) is 5.87. The van der Waals surface area contributed by atoms with E-state index in [1.807, 2.05) is 6.92 Å². The largest absolute Gasteiger partial charge is 0.467 e. The van der Waals surface area contributed by atoms with Crippen LogP contribution < -0.4 is 5.32 Å². The Balaban J connectivity index is 1.83. The Morgan fingerprint density at radius 1 is 1.33 bits per heavy atom. The third-order valence-corrected chi connectivity index (χ3v) is 4.86. The fourth-order valence-corrected chi connectivity index (χ4v) is 3.45. The zero-order valence-electron chi connectivity index (χ0n) is 14.8. The number of rotatable bonds is 7. The van der Waals surface area contributed by atoms with Crippen molar-refractivity contribution in [2.45, 2.75) is 25.8 Å². The molecule has 0 fully saturated rings. The minimum absolute atomic E-state index is 0.243. The molecule has 0 unspecified atom stereocenters. The van der Waals surface area contributed by atoms with E-state index in [0.29, 0.717) is 33.5 Å². The molecular formula is C17H18N6O3S. The summed E-state index contributed by atoms with van der Waals surface area (Å²) in [5, 5.41) is 3.29. The van der Waals surface area contributed by atoms with Crippen LogP contribution in [-0.4, -0.2) is 49.9 Å². The molecule has 0 bridgehead atoms. The zero-order valence-corrected chi connectivity index (χ0v) is 15.6. The molecule has 9 nitrogen and oxygen atoms in total. The number of aromatic nitrogens is 5. The summed E-state index contributed by atoms with van der Waals surface area (Å²) in [4.78, 5) is 45.0. The third kappa shape index (κ3) is 4.34. The number of nitrogens with zero attached hydrogens (tertiary/aromatic N) is 4. The van der Waals surface area contributed by atoms with Gasteiger partial charge >= 0.3 is 5.97 Å². The maximum atomic E-state index is 12.8. The van der Waals surface area contributed by atoms with Crippen LogP contribution in [-0.2, 0) is 22.4 Å². The Morgan fingerprint density at radius 3 is 2.74 bits per heavy atom. The molecule has 2 N–H and O–H groups in total. The minimum atomic E-state index is -0.841. The molecule has 0 saturated heterocycles. The molecule has 27 heavy (non-hydrogen) atoms. The van der Waals surface area contributed by atoms with Crippen LogP contribution in [0.4, 0.5) is 0 Å². The highest BCUT2D eigenvalue weighted by Gasteiger charge is 2.26. The average Bonchev–Trinajstić information content (AvgIpc) is 3.37. The Bertz CT molecular complexity index is 910. The van der Waals surface area contributed by atoms with Gasteiger partial charge in [-0.1, -0.05) is 6.92 Å². The van der Waals surface area contributed by atoms with E-state index in [1.165, 1.54) is 24.8 Å². The summed E-state index contributed by atoms with van der Waals surface area (Å²) in [5.41, 5.74) is 1.34. The molecular weight excluding hydrogens is 368 g/mol. The van der Waals surface area contributed by atoms with Crippen molar-refractivity contribution >= 4 is 23.2 Å². The fraction of sp³-hybridized carbons (Fsp3) is 0.294. The van der Waals surface area contributed by atoms with Gasteiger partial charge in [0.2, 0.25) is 0 Å². The van der Waals surface area contributed by atoms with E-state index < -0.39 is 12.0 Å². The van der Waals surface area contributed by atoms with Crippen molar-refractivity contribution in [2.24, 2.45) is 0 Å². The van der Waals surface area contributed by atoms with Crippen LogP contribution in [0.1, 0.15) is 28.0 Å². The van der Waals surface area contributed by atoms with Crippen LogP contribution in [0, 0.1) is 0 Å². The number of ether oxygens (including phenoxy) is 1. The molecule has 0 aliphatic heterocycles. The van der Waals surface area contributed by atoms with Crippen molar-refractivity contribution in [1.29, 1.82) is 0 Å². The quantitative estimate of drug-likeness (QED) is 0.588. The standard InChI is InChI=1S/C17H18N6O3S/c1-3-11-13(27-16(23-11)14-19-5-4-6-20-14)15(24)22-12(17(25)26-2)7-10-8-18-9-21-10/h4-6,8-9,12H,3,7H2,1-2H3,(H,18,21)(H,22,24)/t12-/m0/s1. The molecule has 3 aromatic heterocycles. The number of nitrogens with one attached hydrogen (secondary N) is 2. The number of imidazole rings is 1. The summed E-state index contributed by atoms with van der Waals surface area (Å²) in [6.07, 6.45) is 7.15. The molecule has 0 aliphatic rings. The molecule has 0 aliphatic carbocycles. The van der Waals surface area contributed by atoms with Crippen LogP contribution in [0.5, 0.6) is 0 Å². The van der Waals surface area contributed by atoms with Crippen molar-refractivity contribution in [2.75, 3.05) is 7.11 Å². The first-order chi connectivity index (χ1) is 13.1. The number of thiazole rings is 1. The average molecular weight is 386 g/mol. The lowest BCUT2D eigenvalue weighted by molar-refractivity contribution is -0.142. The van der Waals surface area contributed by atoms with Crippen molar-refractivity contribution in [3.05, 3.63) is 47.2 Å². The van der Waals surface area contributed by atoms with E-state index in [2.05, 4.69) is 30.2 Å². The molecule has 3 aromatic rings. The van der Waals surface area contributed by atoms with Crippen molar-refractivity contribution in [3.63, 3.8) is 0 Å². The molecule has 0 spiro atoms. The maximum absolute atomic E-state index is 12.8. The predicted molar refractivity (Wildman–Crippen MR) is 98.1 cm³/mol. The Morgan fingerprint density at radius 2 is 2.11 bits per heavy atom. The van der Waals surface area contributed by atoms with Crippen LogP contribution in [0.15, 0.2) is 31.0 Å². The second-order valence-electron chi connectivity index (χ2n) is 5.55. The lowest BCUT2D eigenvalue weighted by atomic mass is 10.1. The van der Waals surface area contributed by atoms with Crippen LogP contribution in [0.2, 0.25) is 0 Å². The van der Waals surface area contributed by atoms with Gasteiger partial charge in [-0.2, -0.15) is 0 Å². The molecule has 0 aromatic carbocycles. The highest BCUT2D eigenvalue weighted by atomic mass is 32.1. The molecule has 1 atom stereocenters. The number of methoxy groups -OCH3 is 1. The summed E-state index contributed by atoms with van der Waals surface area (Å²) < 4.78 is 4.81. The molecule has 10 heteroatoms. The second kappa shape index (κ2) is 8.49. The van der Waals surface area contributed by atoms with Crippen LogP contribution in [0.25, 0.3) is 10.8 Å². The van der Waals surface area contributed by atoms with Gasteiger partial charge in [0.15, 0.2) is 10.8 Å². The summed E-state index contributed by atoms with van der Waals surface area (Å²) >= 11 is 1.19. The monoisotopic (exact) mass is 386 g/mol.